The second-order valence-corrected chi connectivity index (χ2v) is 5.66. The van der Waals surface area contributed by atoms with Crippen LogP contribution < -0.4 is 5.32 Å². The number of β-amino-alcohol motifs (C(OH)–C–C–N with tert-alkyl or cyclic N) is 1. The van der Waals surface area contributed by atoms with E-state index in [1.807, 2.05) is 0 Å². The molecule has 13 heavy (non-hydrogen) atoms. The highest BCUT2D eigenvalue weighted by atomic mass is 16.3. The summed E-state index contributed by atoms with van der Waals surface area (Å²) in [5, 5.41) is 13.4. The Hall–Kier alpha value is -0.0800. The van der Waals surface area contributed by atoms with Crippen molar-refractivity contribution in [3.63, 3.8) is 0 Å². The molecule has 0 amide bonds. The Kier molecular flexibility index (Phi) is 2.16. The zero-order chi connectivity index (χ0) is 9.53. The first-order valence-corrected chi connectivity index (χ1v) is 5.45. The van der Waals surface area contributed by atoms with E-state index in [0.29, 0.717) is 11.3 Å². The predicted octanol–water partition coefficient (Wildman–Crippen LogP) is 1.54. The van der Waals surface area contributed by atoms with Crippen molar-refractivity contribution in [1.82, 2.24) is 5.32 Å². The van der Waals surface area contributed by atoms with Crippen LogP contribution in [0.2, 0.25) is 0 Å². The number of hydrogen-bond acceptors (Lipinski definition) is 2. The molecule has 2 aliphatic rings. The van der Waals surface area contributed by atoms with Gasteiger partial charge in [0.15, 0.2) is 0 Å². The third-order valence-electron chi connectivity index (χ3n) is 3.83. The first-order chi connectivity index (χ1) is 6.02. The molecule has 2 nitrogen and oxygen atoms in total. The van der Waals surface area contributed by atoms with Gasteiger partial charge in [-0.3, -0.25) is 0 Å². The summed E-state index contributed by atoms with van der Waals surface area (Å²) < 4.78 is 0. The van der Waals surface area contributed by atoms with Gasteiger partial charge in [0.05, 0.1) is 5.60 Å². The first-order valence-electron chi connectivity index (χ1n) is 5.45. The molecule has 1 saturated heterocycles. The average molecular weight is 183 g/mol. The lowest BCUT2D eigenvalue weighted by Crippen LogP contribution is -2.64. The lowest BCUT2D eigenvalue weighted by molar-refractivity contribution is -0.0875. The maximum Gasteiger partial charge on any atom is 0.0923 e. The lowest BCUT2D eigenvalue weighted by atomic mass is 9.65. The summed E-state index contributed by atoms with van der Waals surface area (Å²) in [6.07, 6.45) is 5.04. The molecule has 2 N–H and O–H groups in total. The quantitative estimate of drug-likeness (QED) is 0.646. The number of hydrogen-bond donors (Lipinski definition) is 2. The Balaban J connectivity index is 2.00. The second kappa shape index (κ2) is 2.96. The van der Waals surface area contributed by atoms with Crippen molar-refractivity contribution in [1.29, 1.82) is 0 Å². The van der Waals surface area contributed by atoms with Crippen LogP contribution in [-0.2, 0) is 0 Å². The van der Waals surface area contributed by atoms with Crippen LogP contribution in [0.1, 0.15) is 39.5 Å². The molecule has 1 unspecified atom stereocenters. The van der Waals surface area contributed by atoms with E-state index in [-0.39, 0.29) is 5.60 Å². The predicted molar refractivity (Wildman–Crippen MR) is 53.6 cm³/mol. The van der Waals surface area contributed by atoms with Crippen molar-refractivity contribution < 1.29 is 5.11 Å². The largest absolute Gasteiger partial charge is 0.387 e. The molecule has 1 atom stereocenters. The number of nitrogens with one attached hydrogen (secondary N) is 1. The van der Waals surface area contributed by atoms with Crippen molar-refractivity contribution in [2.24, 2.45) is 11.3 Å². The molecule has 0 aromatic rings. The fourth-order valence-corrected chi connectivity index (χ4v) is 2.83. The Labute approximate surface area is 80.7 Å². The summed E-state index contributed by atoms with van der Waals surface area (Å²) in [6, 6.07) is 0. The molecular formula is C11H21NO. The topological polar surface area (TPSA) is 32.3 Å². The van der Waals surface area contributed by atoms with E-state index >= 15 is 0 Å². The zero-order valence-electron chi connectivity index (χ0n) is 8.77. The van der Waals surface area contributed by atoms with E-state index in [2.05, 4.69) is 19.2 Å². The van der Waals surface area contributed by atoms with Crippen molar-refractivity contribution >= 4 is 0 Å². The van der Waals surface area contributed by atoms with E-state index in [0.717, 1.165) is 13.1 Å². The smallest absolute Gasteiger partial charge is 0.0923 e. The van der Waals surface area contributed by atoms with Crippen LogP contribution in [0.4, 0.5) is 0 Å². The van der Waals surface area contributed by atoms with E-state index in [4.69, 9.17) is 0 Å². The molecule has 0 spiro atoms. The zero-order valence-corrected chi connectivity index (χ0v) is 8.77. The molecule has 0 radical (unpaired) electrons. The van der Waals surface area contributed by atoms with Crippen LogP contribution in [-0.4, -0.2) is 23.8 Å². The Morgan fingerprint density at radius 2 is 2.00 bits per heavy atom. The third-order valence-corrected chi connectivity index (χ3v) is 3.83. The van der Waals surface area contributed by atoms with Gasteiger partial charge in [-0.1, -0.05) is 20.3 Å². The fourth-order valence-electron chi connectivity index (χ4n) is 2.83. The van der Waals surface area contributed by atoms with Crippen LogP contribution >= 0.6 is 0 Å². The van der Waals surface area contributed by atoms with Crippen LogP contribution in [0, 0.1) is 11.3 Å². The summed E-state index contributed by atoms with van der Waals surface area (Å²) in [5.74, 6) is 0.539. The van der Waals surface area contributed by atoms with Gasteiger partial charge < -0.3 is 10.4 Å². The summed E-state index contributed by atoms with van der Waals surface area (Å²) in [5.41, 5.74) is 0.0892. The van der Waals surface area contributed by atoms with Gasteiger partial charge in [0, 0.05) is 13.1 Å². The molecule has 2 heteroatoms. The van der Waals surface area contributed by atoms with Gasteiger partial charge in [-0.05, 0) is 30.6 Å². The molecule has 1 aliphatic carbocycles. The highest BCUT2D eigenvalue weighted by Crippen LogP contribution is 2.43. The van der Waals surface area contributed by atoms with Gasteiger partial charge in [-0.25, -0.2) is 0 Å². The summed E-state index contributed by atoms with van der Waals surface area (Å²) in [7, 11) is 0. The second-order valence-electron chi connectivity index (χ2n) is 5.66. The Morgan fingerprint density at radius 1 is 1.31 bits per heavy atom. The Bertz CT molecular complexity index is 196. The standard InChI is InChI=1S/C11H21NO/c1-10(2)5-3-4-9(6-10)11(13)7-12-8-11/h9,12-13H,3-8H2,1-2H3. The normalized spacial score (nSPS) is 36.7. The minimum absolute atomic E-state index is 0.363. The minimum atomic E-state index is -0.363. The van der Waals surface area contributed by atoms with Gasteiger partial charge in [0.1, 0.15) is 0 Å². The molecule has 1 aliphatic heterocycles. The van der Waals surface area contributed by atoms with Crippen molar-refractivity contribution in [2.75, 3.05) is 13.1 Å². The molecular weight excluding hydrogens is 162 g/mol. The molecule has 1 heterocycles. The molecule has 0 aromatic carbocycles. The molecule has 2 fully saturated rings. The van der Waals surface area contributed by atoms with E-state index in [1.165, 1.54) is 25.7 Å². The van der Waals surface area contributed by atoms with Gasteiger partial charge in [-0.2, -0.15) is 0 Å². The lowest BCUT2D eigenvalue weighted by Gasteiger charge is -2.49. The molecule has 0 bridgehead atoms. The van der Waals surface area contributed by atoms with Crippen LogP contribution in [0.3, 0.4) is 0 Å². The van der Waals surface area contributed by atoms with E-state index in [9.17, 15) is 5.11 Å². The number of rotatable bonds is 1. The van der Waals surface area contributed by atoms with Crippen molar-refractivity contribution in [3.05, 3.63) is 0 Å². The monoisotopic (exact) mass is 183 g/mol. The summed E-state index contributed by atoms with van der Waals surface area (Å²) in [4.78, 5) is 0. The van der Waals surface area contributed by atoms with Gasteiger partial charge >= 0.3 is 0 Å². The SMILES string of the molecule is CC1(C)CCCC(C2(O)CNC2)C1. The van der Waals surface area contributed by atoms with E-state index in [1.54, 1.807) is 0 Å². The van der Waals surface area contributed by atoms with Crippen molar-refractivity contribution in [3.8, 4) is 0 Å². The first kappa shape index (κ1) is 9.47. The van der Waals surface area contributed by atoms with E-state index < -0.39 is 0 Å². The summed E-state index contributed by atoms with van der Waals surface area (Å²) >= 11 is 0. The molecule has 2 rings (SSSR count). The minimum Gasteiger partial charge on any atom is -0.387 e. The maximum absolute atomic E-state index is 10.2. The van der Waals surface area contributed by atoms with Crippen LogP contribution in [0.25, 0.3) is 0 Å². The van der Waals surface area contributed by atoms with Crippen molar-refractivity contribution in [2.45, 2.75) is 45.1 Å². The maximum atomic E-state index is 10.2. The highest BCUT2D eigenvalue weighted by molar-refractivity contribution is 5.00. The van der Waals surface area contributed by atoms with Crippen LogP contribution in [0.15, 0.2) is 0 Å². The molecule has 0 aromatic heterocycles. The molecule has 1 saturated carbocycles. The third kappa shape index (κ3) is 1.75. The average Bonchev–Trinajstić information content (AvgIpc) is 1.98. The van der Waals surface area contributed by atoms with Crippen LogP contribution in [0.5, 0.6) is 0 Å². The Morgan fingerprint density at radius 3 is 2.46 bits per heavy atom. The summed E-state index contributed by atoms with van der Waals surface area (Å²) in [6.45, 7) is 6.28. The van der Waals surface area contributed by atoms with Gasteiger partial charge in [-0.15, -0.1) is 0 Å². The van der Waals surface area contributed by atoms with Gasteiger partial charge in [0.2, 0.25) is 0 Å². The van der Waals surface area contributed by atoms with Gasteiger partial charge in [0.25, 0.3) is 0 Å². The fraction of sp³-hybridized carbons (Fsp3) is 1.00. The molecule has 76 valence electrons. The number of aliphatic hydroxyl groups is 1. The highest BCUT2D eigenvalue weighted by Gasteiger charge is 2.45.